The van der Waals surface area contributed by atoms with Gasteiger partial charge in [0.05, 0.1) is 11.0 Å². The third-order valence-corrected chi connectivity index (χ3v) is 2.66. The molecule has 2 aromatic rings. The Morgan fingerprint density at radius 2 is 1.87 bits per heavy atom. The molecule has 0 unspecified atom stereocenters. The van der Waals surface area contributed by atoms with Crippen LogP contribution >= 0.6 is 0 Å². The largest absolute Gasteiger partial charge is 0.328 e. The number of hydrogen-bond acceptors (Lipinski definition) is 2. The van der Waals surface area contributed by atoms with Gasteiger partial charge in [0.1, 0.15) is 6.29 Å². The van der Waals surface area contributed by atoms with Gasteiger partial charge in [0, 0.05) is 20.5 Å². The van der Waals surface area contributed by atoms with E-state index in [0.29, 0.717) is 6.42 Å². The third-order valence-electron chi connectivity index (χ3n) is 2.66. The molecule has 0 amide bonds. The summed E-state index contributed by atoms with van der Waals surface area (Å²) in [7, 11) is 3.47. The summed E-state index contributed by atoms with van der Waals surface area (Å²) in [6.45, 7) is 0. The number of hydrogen-bond donors (Lipinski definition) is 0. The Morgan fingerprint density at radius 1 is 1.20 bits per heavy atom. The van der Waals surface area contributed by atoms with Crippen molar-refractivity contribution in [3.63, 3.8) is 0 Å². The van der Waals surface area contributed by atoms with Crippen molar-refractivity contribution in [3.05, 3.63) is 34.2 Å². The van der Waals surface area contributed by atoms with Crippen molar-refractivity contribution in [2.24, 2.45) is 14.1 Å². The molecule has 1 aromatic carbocycles. The minimum Gasteiger partial charge on any atom is -0.303 e. The summed E-state index contributed by atoms with van der Waals surface area (Å²) < 4.78 is 3.18. The zero-order valence-corrected chi connectivity index (χ0v) is 8.73. The molecular formula is C11H12N2O2. The highest BCUT2D eigenvalue weighted by atomic mass is 16.1. The number of aromatic nitrogens is 2. The van der Waals surface area contributed by atoms with Crippen LogP contribution in [0.25, 0.3) is 11.0 Å². The van der Waals surface area contributed by atoms with E-state index in [0.717, 1.165) is 22.9 Å². The predicted octanol–water partition coefficient (Wildman–Crippen LogP) is 0.618. The number of nitrogens with zero attached hydrogens (tertiary/aromatic N) is 2. The maximum Gasteiger partial charge on any atom is 0.328 e. The Labute approximate surface area is 86.7 Å². The predicted molar refractivity (Wildman–Crippen MR) is 57.9 cm³/mol. The third kappa shape index (κ3) is 1.38. The lowest BCUT2D eigenvalue weighted by molar-refractivity contribution is -0.107. The molecule has 1 heterocycles. The first-order chi connectivity index (χ1) is 7.15. The standard InChI is InChI=1S/C11H12N2O2/c1-12-9-4-3-8(5-6-14)7-10(9)13(2)11(12)15/h3-4,6-7H,5H2,1-2H3. The highest BCUT2D eigenvalue weighted by molar-refractivity contribution is 5.77. The Balaban J connectivity index is 2.76. The first kappa shape index (κ1) is 9.71. The van der Waals surface area contributed by atoms with Gasteiger partial charge < -0.3 is 4.79 Å². The highest BCUT2D eigenvalue weighted by Gasteiger charge is 2.07. The highest BCUT2D eigenvalue weighted by Crippen LogP contribution is 2.13. The monoisotopic (exact) mass is 204 g/mol. The molecule has 0 atom stereocenters. The smallest absolute Gasteiger partial charge is 0.303 e. The summed E-state index contributed by atoms with van der Waals surface area (Å²) >= 11 is 0. The molecule has 0 spiro atoms. The van der Waals surface area contributed by atoms with Crippen molar-refractivity contribution in [2.45, 2.75) is 6.42 Å². The lowest BCUT2D eigenvalue weighted by Crippen LogP contribution is -2.19. The molecule has 15 heavy (non-hydrogen) atoms. The average Bonchev–Trinajstić information content (AvgIpc) is 2.45. The van der Waals surface area contributed by atoms with Crippen molar-refractivity contribution in [1.29, 1.82) is 0 Å². The van der Waals surface area contributed by atoms with Crippen LogP contribution in [0.3, 0.4) is 0 Å². The molecular weight excluding hydrogens is 192 g/mol. The first-order valence-electron chi connectivity index (χ1n) is 4.73. The van der Waals surface area contributed by atoms with Crippen LogP contribution in [0.1, 0.15) is 5.56 Å². The number of rotatable bonds is 2. The summed E-state index contributed by atoms with van der Waals surface area (Å²) in [6.07, 6.45) is 1.25. The molecule has 0 fully saturated rings. The second kappa shape index (κ2) is 3.38. The molecule has 0 saturated heterocycles. The SMILES string of the molecule is Cn1c(=O)n(C)c2cc(CC=O)ccc21. The summed E-state index contributed by atoms with van der Waals surface area (Å²) in [5, 5.41) is 0. The Hall–Kier alpha value is -1.84. The van der Waals surface area contributed by atoms with Gasteiger partial charge in [-0.25, -0.2) is 4.79 Å². The Bertz CT molecular complexity index is 578. The number of aryl methyl sites for hydroxylation is 2. The van der Waals surface area contributed by atoms with Gasteiger partial charge in [0.15, 0.2) is 0 Å². The van der Waals surface area contributed by atoms with E-state index >= 15 is 0 Å². The molecule has 1 aromatic heterocycles. The summed E-state index contributed by atoms with van der Waals surface area (Å²) in [4.78, 5) is 22.0. The summed E-state index contributed by atoms with van der Waals surface area (Å²) in [6, 6.07) is 5.62. The Morgan fingerprint density at radius 3 is 2.53 bits per heavy atom. The average molecular weight is 204 g/mol. The summed E-state index contributed by atoms with van der Waals surface area (Å²) in [5.41, 5.74) is 2.63. The quantitative estimate of drug-likeness (QED) is 0.673. The maximum absolute atomic E-state index is 11.6. The van der Waals surface area contributed by atoms with Gasteiger partial charge in [-0.05, 0) is 17.7 Å². The number of carbonyl (C=O) groups excluding carboxylic acids is 1. The van der Waals surface area contributed by atoms with Crippen molar-refractivity contribution in [1.82, 2.24) is 9.13 Å². The van der Waals surface area contributed by atoms with E-state index in [9.17, 15) is 9.59 Å². The molecule has 0 bridgehead atoms. The zero-order valence-electron chi connectivity index (χ0n) is 8.73. The molecule has 4 heteroatoms. The van der Waals surface area contributed by atoms with Gasteiger partial charge in [-0.3, -0.25) is 9.13 Å². The van der Waals surface area contributed by atoms with Crippen molar-refractivity contribution >= 4 is 17.3 Å². The molecule has 0 aliphatic heterocycles. The van der Waals surface area contributed by atoms with Crippen molar-refractivity contribution in [2.75, 3.05) is 0 Å². The minimum atomic E-state index is -0.0479. The molecule has 0 saturated carbocycles. The number of carbonyl (C=O) groups is 1. The van der Waals surface area contributed by atoms with Gasteiger partial charge in [-0.15, -0.1) is 0 Å². The normalized spacial score (nSPS) is 10.8. The molecule has 0 N–H and O–H groups in total. The second-order valence-corrected chi connectivity index (χ2v) is 3.59. The van der Waals surface area contributed by atoms with E-state index in [1.54, 1.807) is 23.2 Å². The van der Waals surface area contributed by atoms with E-state index in [1.807, 2.05) is 18.2 Å². The van der Waals surface area contributed by atoms with Gasteiger partial charge in [0.2, 0.25) is 0 Å². The van der Waals surface area contributed by atoms with Crippen LogP contribution in [0.5, 0.6) is 0 Å². The molecule has 4 nitrogen and oxygen atoms in total. The van der Waals surface area contributed by atoms with Gasteiger partial charge >= 0.3 is 5.69 Å². The number of benzene rings is 1. The maximum atomic E-state index is 11.6. The lowest BCUT2D eigenvalue weighted by Gasteiger charge is -1.98. The summed E-state index contributed by atoms with van der Waals surface area (Å²) in [5.74, 6) is 0. The fourth-order valence-corrected chi connectivity index (χ4v) is 1.78. The second-order valence-electron chi connectivity index (χ2n) is 3.59. The van der Waals surface area contributed by atoms with E-state index in [1.165, 1.54) is 0 Å². The molecule has 78 valence electrons. The van der Waals surface area contributed by atoms with Crippen molar-refractivity contribution < 1.29 is 4.79 Å². The van der Waals surface area contributed by atoms with E-state index < -0.39 is 0 Å². The van der Waals surface area contributed by atoms with Crippen LogP contribution in [0, 0.1) is 0 Å². The van der Waals surface area contributed by atoms with Crippen LogP contribution in [-0.2, 0) is 25.3 Å². The first-order valence-corrected chi connectivity index (χ1v) is 4.73. The topological polar surface area (TPSA) is 44.0 Å². The van der Waals surface area contributed by atoms with Gasteiger partial charge in [-0.2, -0.15) is 0 Å². The Kier molecular flexibility index (Phi) is 2.19. The number of imidazole rings is 1. The van der Waals surface area contributed by atoms with Crippen LogP contribution in [0.2, 0.25) is 0 Å². The van der Waals surface area contributed by atoms with Crippen LogP contribution in [0.15, 0.2) is 23.0 Å². The van der Waals surface area contributed by atoms with Crippen molar-refractivity contribution in [3.8, 4) is 0 Å². The number of fused-ring (bicyclic) bond motifs is 1. The van der Waals surface area contributed by atoms with Crippen LogP contribution in [0.4, 0.5) is 0 Å². The molecule has 0 aliphatic carbocycles. The fraction of sp³-hybridized carbons (Fsp3) is 0.273. The molecule has 2 rings (SSSR count). The zero-order chi connectivity index (χ0) is 11.0. The fourth-order valence-electron chi connectivity index (χ4n) is 1.78. The number of aldehydes is 1. The van der Waals surface area contributed by atoms with E-state index in [2.05, 4.69) is 0 Å². The minimum absolute atomic E-state index is 0.0479. The lowest BCUT2D eigenvalue weighted by atomic mass is 10.1. The van der Waals surface area contributed by atoms with E-state index in [-0.39, 0.29) is 5.69 Å². The molecule has 0 radical (unpaired) electrons. The molecule has 0 aliphatic rings. The van der Waals surface area contributed by atoms with Gasteiger partial charge in [0.25, 0.3) is 0 Å². The van der Waals surface area contributed by atoms with E-state index in [4.69, 9.17) is 0 Å². The van der Waals surface area contributed by atoms with Crippen LogP contribution < -0.4 is 5.69 Å². The van der Waals surface area contributed by atoms with Gasteiger partial charge in [-0.1, -0.05) is 6.07 Å². The van der Waals surface area contributed by atoms with Crippen LogP contribution in [-0.4, -0.2) is 15.4 Å².